The van der Waals surface area contributed by atoms with E-state index < -0.39 is 0 Å². The van der Waals surface area contributed by atoms with Gasteiger partial charge < -0.3 is 5.32 Å². The van der Waals surface area contributed by atoms with Gasteiger partial charge in [0.1, 0.15) is 0 Å². The van der Waals surface area contributed by atoms with Gasteiger partial charge in [-0.2, -0.15) is 0 Å². The molecule has 0 fully saturated rings. The van der Waals surface area contributed by atoms with E-state index in [0.29, 0.717) is 0 Å². The van der Waals surface area contributed by atoms with Crippen molar-refractivity contribution < 1.29 is 0 Å². The molecule has 0 amide bonds. The number of thiophene rings is 2. The molecule has 3 rings (SSSR count). The van der Waals surface area contributed by atoms with Crippen molar-refractivity contribution in [2.24, 2.45) is 0 Å². The van der Waals surface area contributed by atoms with Crippen molar-refractivity contribution in [1.82, 2.24) is 5.32 Å². The number of benzene rings is 1. The van der Waals surface area contributed by atoms with E-state index in [4.69, 9.17) is 0 Å². The highest BCUT2D eigenvalue weighted by Gasteiger charge is 2.03. The average molecular weight is 364 g/mol. The molecule has 0 aliphatic heterocycles. The van der Waals surface area contributed by atoms with Crippen LogP contribution in [0.25, 0.3) is 10.4 Å². The number of nitrogens with one attached hydrogen (secondary N) is 1. The molecule has 0 aliphatic carbocycles. The van der Waals surface area contributed by atoms with Crippen molar-refractivity contribution in [2.75, 3.05) is 0 Å². The Hall–Kier alpha value is -0.940. The molecule has 2 heterocycles. The Morgan fingerprint density at radius 1 is 0.800 bits per heavy atom. The second-order valence-electron chi connectivity index (χ2n) is 4.44. The second kappa shape index (κ2) is 6.68. The van der Waals surface area contributed by atoms with Crippen molar-refractivity contribution in [3.8, 4) is 10.4 Å². The summed E-state index contributed by atoms with van der Waals surface area (Å²) in [5, 5.41) is 3.50. The van der Waals surface area contributed by atoms with Gasteiger partial charge in [-0.15, -0.1) is 22.7 Å². The second-order valence-corrected chi connectivity index (χ2v) is 8.16. The minimum Gasteiger partial charge on any atom is -0.307 e. The summed E-state index contributed by atoms with van der Waals surface area (Å²) in [5.74, 6) is 0. The highest BCUT2D eigenvalue weighted by Crippen LogP contribution is 2.28. The Kier molecular flexibility index (Phi) is 4.68. The molecule has 0 unspecified atom stereocenters. The van der Waals surface area contributed by atoms with E-state index in [1.807, 2.05) is 11.3 Å². The summed E-state index contributed by atoms with van der Waals surface area (Å²) in [4.78, 5) is 4.07. The molecule has 0 saturated carbocycles. The lowest BCUT2D eigenvalue weighted by atomic mass is 10.2. The number of hydrogen-bond acceptors (Lipinski definition) is 3. The number of halogens is 1. The van der Waals surface area contributed by atoms with Gasteiger partial charge in [0.25, 0.3) is 0 Å². The van der Waals surface area contributed by atoms with E-state index in [-0.39, 0.29) is 0 Å². The third kappa shape index (κ3) is 3.58. The van der Waals surface area contributed by atoms with Crippen LogP contribution >= 0.6 is 38.6 Å². The molecule has 20 heavy (non-hydrogen) atoms. The fourth-order valence-corrected chi connectivity index (χ4v) is 4.42. The molecule has 2 aromatic heterocycles. The van der Waals surface area contributed by atoms with Gasteiger partial charge in [-0.05, 0) is 45.8 Å². The molecular formula is C16H14BrNS2. The molecule has 1 nitrogen and oxygen atoms in total. The molecule has 4 heteroatoms. The lowest BCUT2D eigenvalue weighted by molar-refractivity contribution is 0.709. The van der Waals surface area contributed by atoms with Crippen LogP contribution in [0.3, 0.4) is 0 Å². The van der Waals surface area contributed by atoms with Gasteiger partial charge in [0.15, 0.2) is 0 Å². The Balaban J connectivity index is 1.58. The van der Waals surface area contributed by atoms with E-state index in [9.17, 15) is 0 Å². The van der Waals surface area contributed by atoms with Crippen LogP contribution in [-0.2, 0) is 13.1 Å². The smallest absolute Gasteiger partial charge is 0.0701 e. The fraction of sp³-hybridized carbons (Fsp3) is 0.125. The summed E-state index contributed by atoms with van der Waals surface area (Å²) in [6, 6.07) is 19.2. The largest absolute Gasteiger partial charge is 0.307 e. The summed E-state index contributed by atoms with van der Waals surface area (Å²) in [6.45, 7) is 1.85. The van der Waals surface area contributed by atoms with Crippen LogP contribution < -0.4 is 5.32 Å². The molecule has 1 N–H and O–H groups in total. The molecule has 0 saturated heterocycles. The Bertz CT molecular complexity index is 673. The highest BCUT2D eigenvalue weighted by atomic mass is 79.9. The Morgan fingerprint density at radius 2 is 1.50 bits per heavy atom. The van der Waals surface area contributed by atoms with Gasteiger partial charge in [0.05, 0.1) is 3.79 Å². The number of hydrogen-bond donors (Lipinski definition) is 1. The van der Waals surface area contributed by atoms with Crippen LogP contribution in [0, 0.1) is 0 Å². The third-order valence-corrected chi connectivity index (χ3v) is 5.71. The van der Waals surface area contributed by atoms with Crippen molar-refractivity contribution in [2.45, 2.75) is 13.1 Å². The van der Waals surface area contributed by atoms with Crippen LogP contribution in [0.2, 0.25) is 0 Å². The standard InChI is InChI=1S/C16H14BrNS2/c17-16-9-7-14(20-16)11-18-10-13-6-8-15(19-13)12-4-2-1-3-5-12/h1-9,18H,10-11H2. The van der Waals surface area contributed by atoms with Gasteiger partial charge in [-0.3, -0.25) is 0 Å². The van der Waals surface area contributed by atoms with E-state index >= 15 is 0 Å². The van der Waals surface area contributed by atoms with E-state index in [0.717, 1.165) is 13.1 Å². The Morgan fingerprint density at radius 3 is 2.20 bits per heavy atom. The molecule has 1 aromatic carbocycles. The van der Waals surface area contributed by atoms with Gasteiger partial charge in [-0.1, -0.05) is 30.3 Å². The van der Waals surface area contributed by atoms with Crippen LogP contribution in [0.4, 0.5) is 0 Å². The predicted molar refractivity (Wildman–Crippen MR) is 92.3 cm³/mol. The highest BCUT2D eigenvalue weighted by molar-refractivity contribution is 9.11. The summed E-state index contributed by atoms with van der Waals surface area (Å²) in [7, 11) is 0. The van der Waals surface area contributed by atoms with Crippen LogP contribution in [0.15, 0.2) is 58.4 Å². The minimum atomic E-state index is 0.924. The molecule has 0 spiro atoms. The quantitative estimate of drug-likeness (QED) is 0.628. The van der Waals surface area contributed by atoms with E-state index in [2.05, 4.69) is 75.8 Å². The van der Waals surface area contributed by atoms with Gasteiger partial charge in [0, 0.05) is 27.7 Å². The maximum Gasteiger partial charge on any atom is 0.0701 e. The van der Waals surface area contributed by atoms with Gasteiger partial charge in [-0.25, -0.2) is 0 Å². The minimum absolute atomic E-state index is 0.924. The molecule has 0 atom stereocenters. The predicted octanol–water partition coefficient (Wildman–Crippen LogP) is 5.53. The molecule has 0 bridgehead atoms. The van der Waals surface area contributed by atoms with E-state index in [1.165, 1.54) is 24.0 Å². The van der Waals surface area contributed by atoms with Gasteiger partial charge >= 0.3 is 0 Å². The molecule has 102 valence electrons. The number of rotatable bonds is 5. The average Bonchev–Trinajstić information content (AvgIpc) is 3.09. The normalized spacial score (nSPS) is 10.8. The topological polar surface area (TPSA) is 12.0 Å². The molecule has 0 radical (unpaired) electrons. The maximum atomic E-state index is 3.50. The maximum absolute atomic E-state index is 3.50. The first-order chi connectivity index (χ1) is 9.81. The van der Waals surface area contributed by atoms with Crippen molar-refractivity contribution >= 4 is 38.6 Å². The molecular weight excluding hydrogens is 350 g/mol. The third-order valence-electron chi connectivity index (χ3n) is 2.95. The summed E-state index contributed by atoms with van der Waals surface area (Å²) < 4.78 is 1.19. The summed E-state index contributed by atoms with van der Waals surface area (Å²) in [6.07, 6.45) is 0. The van der Waals surface area contributed by atoms with E-state index in [1.54, 1.807) is 11.3 Å². The fourth-order valence-electron chi connectivity index (χ4n) is 1.99. The first-order valence-electron chi connectivity index (χ1n) is 6.40. The van der Waals surface area contributed by atoms with Crippen molar-refractivity contribution in [3.63, 3.8) is 0 Å². The SMILES string of the molecule is Brc1ccc(CNCc2ccc(-c3ccccc3)s2)s1. The van der Waals surface area contributed by atoms with Crippen molar-refractivity contribution in [1.29, 1.82) is 0 Å². The first kappa shape index (κ1) is 14.0. The zero-order chi connectivity index (χ0) is 13.8. The lowest BCUT2D eigenvalue weighted by Crippen LogP contribution is -2.10. The monoisotopic (exact) mass is 363 g/mol. The Labute approximate surface area is 135 Å². The molecule has 0 aliphatic rings. The first-order valence-corrected chi connectivity index (χ1v) is 8.83. The lowest BCUT2D eigenvalue weighted by Gasteiger charge is -2.00. The van der Waals surface area contributed by atoms with Gasteiger partial charge in [0.2, 0.25) is 0 Å². The zero-order valence-corrected chi connectivity index (χ0v) is 14.0. The van der Waals surface area contributed by atoms with Crippen LogP contribution in [0.1, 0.15) is 9.75 Å². The summed E-state index contributed by atoms with van der Waals surface area (Å²) in [5.41, 5.74) is 1.30. The zero-order valence-electron chi connectivity index (χ0n) is 10.8. The van der Waals surface area contributed by atoms with Crippen LogP contribution in [-0.4, -0.2) is 0 Å². The summed E-state index contributed by atoms with van der Waals surface area (Å²) >= 11 is 7.13. The van der Waals surface area contributed by atoms with Crippen molar-refractivity contribution in [3.05, 3.63) is 68.1 Å². The molecule has 3 aromatic rings. The van der Waals surface area contributed by atoms with Crippen LogP contribution in [0.5, 0.6) is 0 Å².